The molecule has 0 aliphatic rings. The molecule has 2 nitrogen and oxygen atoms in total. The van der Waals surface area contributed by atoms with Crippen LogP contribution in [0.4, 0.5) is 0 Å². The lowest BCUT2D eigenvalue weighted by atomic mass is 10.1. The monoisotopic (exact) mass is 172 g/mol. The summed E-state index contributed by atoms with van der Waals surface area (Å²) in [4.78, 5) is -0.699. The van der Waals surface area contributed by atoms with Crippen LogP contribution in [0.5, 0.6) is 0 Å². The van der Waals surface area contributed by atoms with Crippen LogP contribution in [0, 0.1) is 5.92 Å². The van der Waals surface area contributed by atoms with Crippen molar-refractivity contribution in [2.24, 2.45) is 5.92 Å². The Morgan fingerprint density at radius 1 is 1.44 bits per heavy atom. The summed E-state index contributed by atoms with van der Waals surface area (Å²) in [6.07, 6.45) is -0.657. The van der Waals surface area contributed by atoms with Gasteiger partial charge in [0.1, 0.15) is 4.84 Å². The van der Waals surface area contributed by atoms with Crippen LogP contribution in [0.3, 0.4) is 0 Å². The second-order valence-corrected chi connectivity index (χ2v) is 3.09. The Hall–Kier alpha value is 0.500. The molecule has 4 heteroatoms. The minimum absolute atomic E-state index is 0.185. The Morgan fingerprint density at radius 3 is 1.89 bits per heavy atom. The Bertz CT molecular complexity index is 67.4. The number of halogens is 2. The van der Waals surface area contributed by atoms with Gasteiger partial charge in [0.25, 0.3) is 0 Å². The fourth-order valence-corrected chi connectivity index (χ4v) is 1.02. The van der Waals surface area contributed by atoms with Crippen LogP contribution in [-0.2, 0) is 0 Å². The second-order valence-electron chi connectivity index (χ2n) is 1.92. The molecule has 0 aliphatic carbocycles. The quantitative estimate of drug-likeness (QED) is 0.619. The van der Waals surface area contributed by atoms with E-state index in [0.29, 0.717) is 0 Å². The molecule has 0 heterocycles. The van der Waals surface area contributed by atoms with Gasteiger partial charge in [-0.2, -0.15) is 0 Å². The van der Waals surface area contributed by atoms with Gasteiger partial charge in [-0.15, -0.1) is 23.2 Å². The summed E-state index contributed by atoms with van der Waals surface area (Å²) in [5, 5.41) is 17.4. The summed E-state index contributed by atoms with van der Waals surface area (Å²) >= 11 is 10.8. The smallest absolute Gasteiger partial charge is 0.115 e. The van der Waals surface area contributed by atoms with E-state index in [0.717, 1.165) is 0 Å². The van der Waals surface area contributed by atoms with Crippen LogP contribution >= 0.6 is 23.2 Å². The average molecular weight is 173 g/mol. The van der Waals surface area contributed by atoms with E-state index in [1.54, 1.807) is 6.92 Å². The molecule has 0 saturated heterocycles. The van der Waals surface area contributed by atoms with Crippen molar-refractivity contribution in [1.29, 1.82) is 0 Å². The van der Waals surface area contributed by atoms with Crippen LogP contribution in [0.25, 0.3) is 0 Å². The fraction of sp³-hybridized carbons (Fsp3) is 1.00. The maximum Gasteiger partial charge on any atom is 0.115 e. The van der Waals surface area contributed by atoms with E-state index in [4.69, 9.17) is 33.4 Å². The highest BCUT2D eigenvalue weighted by Gasteiger charge is 2.20. The molecular weight excluding hydrogens is 163 g/mol. The molecule has 9 heavy (non-hydrogen) atoms. The molecule has 0 aromatic heterocycles. The van der Waals surface area contributed by atoms with Gasteiger partial charge in [0.15, 0.2) is 0 Å². The molecule has 2 N–H and O–H groups in total. The van der Waals surface area contributed by atoms with Gasteiger partial charge in [-0.25, -0.2) is 0 Å². The lowest BCUT2D eigenvalue weighted by Crippen LogP contribution is -2.26. The van der Waals surface area contributed by atoms with Gasteiger partial charge < -0.3 is 10.2 Å². The molecule has 0 rings (SSSR count). The van der Waals surface area contributed by atoms with Crippen LogP contribution in [0.1, 0.15) is 6.92 Å². The third-order valence-electron chi connectivity index (χ3n) is 1.15. The molecule has 0 bridgehead atoms. The Labute approximate surface area is 64.4 Å². The maximum atomic E-state index is 8.85. The fourth-order valence-electron chi connectivity index (χ4n) is 0.443. The number of aliphatic hydroxyl groups excluding tert-OH is 2. The molecule has 0 radical (unpaired) electrons. The average Bonchev–Trinajstić information content (AvgIpc) is 1.64. The minimum atomic E-state index is -0.699. The maximum absolute atomic E-state index is 8.85. The van der Waals surface area contributed by atoms with E-state index in [1.165, 1.54) is 0 Å². The normalized spacial score (nSPS) is 18.0. The van der Waals surface area contributed by atoms with Crippen molar-refractivity contribution in [2.45, 2.75) is 17.9 Å². The van der Waals surface area contributed by atoms with Crippen molar-refractivity contribution in [2.75, 3.05) is 6.61 Å². The van der Waals surface area contributed by atoms with Crippen molar-refractivity contribution >= 4 is 23.2 Å². The van der Waals surface area contributed by atoms with Gasteiger partial charge in [0.2, 0.25) is 0 Å². The molecule has 0 aromatic carbocycles. The zero-order valence-corrected chi connectivity index (χ0v) is 6.60. The van der Waals surface area contributed by atoms with E-state index in [-0.39, 0.29) is 6.61 Å². The van der Waals surface area contributed by atoms with Crippen molar-refractivity contribution in [3.63, 3.8) is 0 Å². The predicted molar refractivity (Wildman–Crippen MR) is 37.8 cm³/mol. The van der Waals surface area contributed by atoms with E-state index < -0.39 is 16.9 Å². The molecule has 2 unspecified atom stereocenters. The molecule has 0 saturated carbocycles. The molecule has 0 spiro atoms. The van der Waals surface area contributed by atoms with Crippen molar-refractivity contribution < 1.29 is 10.2 Å². The second kappa shape index (κ2) is 4.34. The molecule has 0 aliphatic heterocycles. The summed E-state index contributed by atoms with van der Waals surface area (Å²) in [6.45, 7) is 1.36. The van der Waals surface area contributed by atoms with Gasteiger partial charge >= 0.3 is 0 Å². The van der Waals surface area contributed by atoms with Gasteiger partial charge in [0, 0.05) is 5.92 Å². The van der Waals surface area contributed by atoms with Crippen LogP contribution < -0.4 is 0 Å². The summed E-state index contributed by atoms with van der Waals surface area (Å²) < 4.78 is 0. The Morgan fingerprint density at radius 2 is 1.89 bits per heavy atom. The lowest BCUT2D eigenvalue weighted by molar-refractivity contribution is 0.0883. The van der Waals surface area contributed by atoms with Gasteiger partial charge in [-0.1, -0.05) is 0 Å². The van der Waals surface area contributed by atoms with E-state index >= 15 is 0 Å². The first-order chi connectivity index (χ1) is 4.09. The molecule has 0 amide bonds. The molecule has 2 atom stereocenters. The number of alkyl halides is 2. The first-order valence-corrected chi connectivity index (χ1v) is 3.54. The zero-order chi connectivity index (χ0) is 7.44. The van der Waals surface area contributed by atoms with Gasteiger partial charge in [-0.3, -0.25) is 0 Å². The standard InChI is InChI=1S/C5H10Cl2O2/c1-3(9)4(2-8)5(6)7/h3-5,8-9H,2H2,1H3. The number of rotatable bonds is 3. The van der Waals surface area contributed by atoms with E-state index in [1.807, 2.05) is 0 Å². The zero-order valence-electron chi connectivity index (χ0n) is 5.09. The molecule has 56 valence electrons. The van der Waals surface area contributed by atoms with Gasteiger partial charge in [0.05, 0.1) is 12.7 Å². The SMILES string of the molecule is CC(O)C(CO)C(Cl)Cl. The van der Waals surface area contributed by atoms with Crippen LogP contribution in [0.2, 0.25) is 0 Å². The van der Waals surface area contributed by atoms with Gasteiger partial charge in [-0.05, 0) is 6.92 Å². The first kappa shape index (κ1) is 9.50. The number of hydrogen-bond donors (Lipinski definition) is 2. The highest BCUT2D eigenvalue weighted by molar-refractivity contribution is 6.44. The first-order valence-electron chi connectivity index (χ1n) is 2.66. The third-order valence-corrected chi connectivity index (χ3v) is 1.80. The third kappa shape index (κ3) is 3.26. The summed E-state index contributed by atoms with van der Waals surface area (Å²) in [7, 11) is 0. The van der Waals surface area contributed by atoms with Crippen LogP contribution in [-0.4, -0.2) is 27.8 Å². The van der Waals surface area contributed by atoms with Crippen molar-refractivity contribution in [3.8, 4) is 0 Å². The Balaban J connectivity index is 3.68. The molecular formula is C5H10Cl2O2. The lowest BCUT2D eigenvalue weighted by Gasteiger charge is -2.17. The van der Waals surface area contributed by atoms with Crippen LogP contribution in [0.15, 0.2) is 0 Å². The summed E-state index contributed by atoms with van der Waals surface area (Å²) in [5.41, 5.74) is 0. The highest BCUT2D eigenvalue weighted by Crippen LogP contribution is 2.17. The summed E-state index contributed by atoms with van der Waals surface area (Å²) in [6, 6.07) is 0. The summed E-state index contributed by atoms with van der Waals surface area (Å²) in [5.74, 6) is -0.437. The van der Waals surface area contributed by atoms with Crippen molar-refractivity contribution in [1.82, 2.24) is 0 Å². The highest BCUT2D eigenvalue weighted by atomic mass is 35.5. The largest absolute Gasteiger partial charge is 0.396 e. The number of hydrogen-bond acceptors (Lipinski definition) is 2. The molecule has 0 fully saturated rings. The minimum Gasteiger partial charge on any atom is -0.396 e. The molecule has 0 aromatic rings. The predicted octanol–water partition coefficient (Wildman–Crippen LogP) is 0.779. The topological polar surface area (TPSA) is 40.5 Å². The Kier molecular flexibility index (Phi) is 4.58. The van der Waals surface area contributed by atoms with E-state index in [9.17, 15) is 0 Å². The number of aliphatic hydroxyl groups is 2. The van der Waals surface area contributed by atoms with Crippen molar-refractivity contribution in [3.05, 3.63) is 0 Å². The van der Waals surface area contributed by atoms with E-state index in [2.05, 4.69) is 0 Å².